The second kappa shape index (κ2) is 6.67. The summed E-state index contributed by atoms with van der Waals surface area (Å²) in [7, 11) is 0. The van der Waals surface area contributed by atoms with Crippen molar-refractivity contribution >= 4 is 34.7 Å². The number of rotatable bonds is 4. The van der Waals surface area contributed by atoms with Gasteiger partial charge in [0, 0.05) is 17.2 Å². The molecule has 0 spiro atoms. The number of carbonyl (C=O) groups excluding carboxylic acids is 1. The van der Waals surface area contributed by atoms with Crippen molar-refractivity contribution in [1.29, 1.82) is 0 Å². The summed E-state index contributed by atoms with van der Waals surface area (Å²) in [6, 6.07) is 8.25. The summed E-state index contributed by atoms with van der Waals surface area (Å²) in [6.45, 7) is 1.68. The quantitative estimate of drug-likeness (QED) is 0.521. The third kappa shape index (κ3) is 3.51. The van der Waals surface area contributed by atoms with Crippen molar-refractivity contribution in [2.45, 2.75) is 6.92 Å². The largest absolute Gasteiger partial charge is 0.455 e. The summed E-state index contributed by atoms with van der Waals surface area (Å²) < 4.78 is 5.63. The van der Waals surface area contributed by atoms with E-state index >= 15 is 0 Å². The minimum Gasteiger partial charge on any atom is -0.455 e. The van der Waals surface area contributed by atoms with E-state index < -0.39 is 4.92 Å². The molecular formula is C15H12N4O4S. The fraction of sp³-hybridized carbons (Fsp3) is 0.133. The highest BCUT2D eigenvalue weighted by Gasteiger charge is 2.16. The first-order valence-corrected chi connectivity index (χ1v) is 7.90. The first kappa shape index (κ1) is 15.9. The van der Waals surface area contributed by atoms with Gasteiger partial charge in [0.25, 0.3) is 5.69 Å². The SMILES string of the molecule is Cc1cc(-c2ccc(/C=N/N=C3/NC(=O)CS3)o2)ccc1[N+](=O)[O-]. The number of amides is 1. The Kier molecular flexibility index (Phi) is 4.43. The minimum atomic E-state index is -0.418. The third-order valence-corrected chi connectivity index (χ3v) is 4.09. The molecule has 1 aromatic heterocycles. The Morgan fingerprint density at radius 3 is 2.88 bits per heavy atom. The highest BCUT2D eigenvalue weighted by Crippen LogP contribution is 2.27. The van der Waals surface area contributed by atoms with Gasteiger partial charge in [-0.15, -0.1) is 5.10 Å². The number of nitrogens with zero attached hydrogens (tertiary/aromatic N) is 3. The number of nitrogens with one attached hydrogen (secondary N) is 1. The lowest BCUT2D eigenvalue weighted by atomic mass is 10.1. The van der Waals surface area contributed by atoms with Crippen molar-refractivity contribution in [2.75, 3.05) is 5.75 Å². The molecular weight excluding hydrogens is 332 g/mol. The van der Waals surface area contributed by atoms with Crippen molar-refractivity contribution in [3.63, 3.8) is 0 Å². The molecule has 0 atom stereocenters. The van der Waals surface area contributed by atoms with E-state index in [9.17, 15) is 14.9 Å². The molecule has 0 bridgehead atoms. The average Bonchev–Trinajstić information content (AvgIpc) is 3.16. The summed E-state index contributed by atoms with van der Waals surface area (Å²) >= 11 is 1.28. The molecule has 1 aromatic carbocycles. The van der Waals surface area contributed by atoms with E-state index in [2.05, 4.69) is 15.5 Å². The highest BCUT2D eigenvalue weighted by atomic mass is 32.2. The molecule has 0 aliphatic carbocycles. The highest BCUT2D eigenvalue weighted by molar-refractivity contribution is 8.15. The van der Waals surface area contributed by atoms with Crippen molar-refractivity contribution in [3.8, 4) is 11.3 Å². The first-order valence-electron chi connectivity index (χ1n) is 6.92. The molecule has 3 rings (SSSR count). The molecule has 1 N–H and O–H groups in total. The number of nitro groups is 1. The first-order chi connectivity index (χ1) is 11.5. The van der Waals surface area contributed by atoms with Crippen molar-refractivity contribution in [1.82, 2.24) is 5.32 Å². The van der Waals surface area contributed by atoms with E-state index in [4.69, 9.17) is 4.42 Å². The Labute approximate surface area is 140 Å². The van der Waals surface area contributed by atoms with Gasteiger partial charge in [0.05, 0.1) is 16.9 Å². The van der Waals surface area contributed by atoms with Gasteiger partial charge in [-0.25, -0.2) is 0 Å². The van der Waals surface area contributed by atoms with Crippen LogP contribution in [0.3, 0.4) is 0 Å². The maximum absolute atomic E-state index is 11.0. The number of aryl methyl sites for hydroxylation is 1. The van der Waals surface area contributed by atoms with Crippen LogP contribution in [0.25, 0.3) is 11.3 Å². The maximum Gasteiger partial charge on any atom is 0.272 e. The van der Waals surface area contributed by atoms with Gasteiger partial charge in [0.15, 0.2) is 5.17 Å². The van der Waals surface area contributed by atoms with Gasteiger partial charge >= 0.3 is 0 Å². The van der Waals surface area contributed by atoms with E-state index in [1.165, 1.54) is 24.0 Å². The van der Waals surface area contributed by atoms with E-state index in [-0.39, 0.29) is 11.6 Å². The Hall–Kier alpha value is -2.94. The standard InChI is InChI=1S/C15H12N4O4S/c1-9-6-10(2-4-12(9)19(21)22)13-5-3-11(23-13)7-16-18-15-17-14(20)8-24-15/h2-7H,8H2,1H3,(H,17,18,20)/b16-7+. The number of thioether (sulfide) groups is 1. The van der Waals surface area contributed by atoms with Gasteiger partial charge in [-0.05, 0) is 31.2 Å². The summed E-state index contributed by atoms with van der Waals surface area (Å²) in [5.74, 6) is 1.31. The lowest BCUT2D eigenvalue weighted by Gasteiger charge is -2.00. The summed E-state index contributed by atoms with van der Waals surface area (Å²) in [6.07, 6.45) is 1.43. The number of nitro benzene ring substituents is 1. The maximum atomic E-state index is 11.0. The van der Waals surface area contributed by atoms with Crippen LogP contribution in [0, 0.1) is 17.0 Å². The van der Waals surface area contributed by atoms with Crippen LogP contribution in [0.5, 0.6) is 0 Å². The molecule has 2 heterocycles. The third-order valence-electron chi connectivity index (χ3n) is 3.22. The number of amidine groups is 1. The van der Waals surface area contributed by atoms with Crippen LogP contribution in [0.2, 0.25) is 0 Å². The zero-order chi connectivity index (χ0) is 17.1. The molecule has 24 heavy (non-hydrogen) atoms. The minimum absolute atomic E-state index is 0.0685. The monoisotopic (exact) mass is 344 g/mol. The number of furan rings is 1. The topological polar surface area (TPSA) is 110 Å². The van der Waals surface area contributed by atoms with Crippen molar-refractivity contribution in [2.24, 2.45) is 10.2 Å². The van der Waals surface area contributed by atoms with Crippen molar-refractivity contribution < 1.29 is 14.1 Å². The van der Waals surface area contributed by atoms with Crippen LogP contribution in [0.1, 0.15) is 11.3 Å². The fourth-order valence-electron chi connectivity index (χ4n) is 2.11. The predicted octanol–water partition coefficient (Wildman–Crippen LogP) is 2.72. The average molecular weight is 344 g/mol. The van der Waals surface area contributed by atoms with Crippen LogP contribution >= 0.6 is 11.8 Å². The van der Waals surface area contributed by atoms with E-state index in [1.54, 1.807) is 31.2 Å². The van der Waals surface area contributed by atoms with Gasteiger partial charge in [0.2, 0.25) is 5.91 Å². The van der Waals surface area contributed by atoms with Gasteiger partial charge in [-0.1, -0.05) is 11.8 Å². The van der Waals surface area contributed by atoms with Crippen molar-refractivity contribution in [3.05, 3.63) is 51.8 Å². The molecule has 0 unspecified atom stereocenters. The lowest BCUT2D eigenvalue weighted by Crippen LogP contribution is -2.19. The Bertz CT molecular complexity index is 872. The molecule has 9 heteroatoms. The second-order valence-corrected chi connectivity index (χ2v) is 5.91. The zero-order valence-corrected chi connectivity index (χ0v) is 13.4. The fourth-order valence-corrected chi connectivity index (χ4v) is 2.74. The van der Waals surface area contributed by atoms with Crippen LogP contribution in [-0.2, 0) is 4.79 Å². The second-order valence-electron chi connectivity index (χ2n) is 4.95. The molecule has 0 radical (unpaired) electrons. The van der Waals surface area contributed by atoms with Crippen LogP contribution < -0.4 is 5.32 Å². The van der Waals surface area contributed by atoms with Gasteiger partial charge < -0.3 is 9.73 Å². The normalized spacial score (nSPS) is 16.0. The Balaban J connectivity index is 1.75. The molecule has 1 amide bonds. The van der Waals surface area contributed by atoms with Gasteiger partial charge in [-0.2, -0.15) is 5.10 Å². The van der Waals surface area contributed by atoms with Crippen LogP contribution in [0.4, 0.5) is 5.69 Å². The molecule has 0 saturated carbocycles. The Morgan fingerprint density at radius 2 is 2.21 bits per heavy atom. The summed E-state index contributed by atoms with van der Waals surface area (Å²) in [5.41, 5.74) is 1.37. The van der Waals surface area contributed by atoms with Gasteiger partial charge in [-0.3, -0.25) is 14.9 Å². The lowest BCUT2D eigenvalue weighted by molar-refractivity contribution is -0.385. The van der Waals surface area contributed by atoms with E-state index in [0.717, 1.165) is 5.56 Å². The van der Waals surface area contributed by atoms with Gasteiger partial charge in [0.1, 0.15) is 11.5 Å². The number of carbonyl (C=O) groups is 1. The smallest absolute Gasteiger partial charge is 0.272 e. The van der Waals surface area contributed by atoms with E-state index in [1.807, 2.05) is 0 Å². The molecule has 1 saturated heterocycles. The van der Waals surface area contributed by atoms with Crippen LogP contribution in [0.15, 0.2) is 45.0 Å². The zero-order valence-electron chi connectivity index (χ0n) is 12.6. The molecule has 8 nitrogen and oxygen atoms in total. The molecule has 122 valence electrons. The summed E-state index contributed by atoms with van der Waals surface area (Å²) in [4.78, 5) is 21.4. The number of hydrogen-bond donors (Lipinski definition) is 1. The molecule has 1 aliphatic rings. The predicted molar refractivity (Wildman–Crippen MR) is 91.2 cm³/mol. The number of hydrogen-bond acceptors (Lipinski definition) is 7. The Morgan fingerprint density at radius 1 is 1.38 bits per heavy atom. The molecule has 1 aliphatic heterocycles. The summed E-state index contributed by atoms with van der Waals surface area (Å²) in [5, 5.41) is 21.6. The van der Waals surface area contributed by atoms with Crippen LogP contribution in [-0.4, -0.2) is 28.0 Å². The number of benzene rings is 1. The molecule has 1 fully saturated rings. The van der Waals surface area contributed by atoms with E-state index in [0.29, 0.717) is 28.0 Å². The molecule has 2 aromatic rings.